The number of amides is 1. The molecule has 0 aromatic heterocycles. The molecular formula is C58H111NO5. The van der Waals surface area contributed by atoms with Crippen molar-refractivity contribution in [1.29, 1.82) is 0 Å². The highest BCUT2D eigenvalue weighted by Gasteiger charge is 2.18. The molecule has 0 heterocycles. The van der Waals surface area contributed by atoms with E-state index < -0.39 is 12.1 Å². The van der Waals surface area contributed by atoms with Gasteiger partial charge in [0.1, 0.15) is 0 Å². The Labute approximate surface area is 399 Å². The molecule has 0 radical (unpaired) electrons. The van der Waals surface area contributed by atoms with Crippen molar-refractivity contribution in [3.05, 3.63) is 24.3 Å². The summed E-state index contributed by atoms with van der Waals surface area (Å²) in [6, 6.07) is -0.632. The highest BCUT2D eigenvalue weighted by atomic mass is 16.5. The number of rotatable bonds is 53. The van der Waals surface area contributed by atoms with E-state index in [0.717, 1.165) is 44.9 Å². The first-order chi connectivity index (χ1) is 31.5. The van der Waals surface area contributed by atoms with Crippen LogP contribution in [0.4, 0.5) is 0 Å². The standard InChI is InChI=1S/C58H111NO5/c1-3-5-7-9-11-13-15-17-18-19-20-21-25-28-32-36-40-44-48-52-58(63)64-53-49-45-41-37-33-29-26-23-22-24-27-31-35-39-43-47-51-57(62)59-55(54-60)56(61)50-46-42-38-34-30-16-14-12-10-8-6-4-2/h17-18,46,50,55-56,60-61H,3-16,19-45,47-49,51-54H2,1-2H3,(H,59,62)/b18-17-,50-46+. The third-order valence-corrected chi connectivity index (χ3v) is 13.2. The van der Waals surface area contributed by atoms with E-state index in [4.69, 9.17) is 4.74 Å². The summed E-state index contributed by atoms with van der Waals surface area (Å²) >= 11 is 0. The molecule has 0 rings (SSSR count). The van der Waals surface area contributed by atoms with Gasteiger partial charge in [-0.15, -0.1) is 0 Å². The predicted octanol–water partition coefficient (Wildman–Crippen LogP) is 17.5. The Morgan fingerprint density at radius 1 is 0.422 bits per heavy atom. The Balaban J connectivity index is 3.41. The van der Waals surface area contributed by atoms with E-state index in [1.54, 1.807) is 6.08 Å². The monoisotopic (exact) mass is 902 g/mol. The topological polar surface area (TPSA) is 95.9 Å². The Kier molecular flexibility index (Phi) is 52.6. The number of esters is 1. The van der Waals surface area contributed by atoms with Crippen LogP contribution in [-0.4, -0.2) is 47.4 Å². The summed E-state index contributed by atoms with van der Waals surface area (Å²) < 4.78 is 5.49. The second-order valence-electron chi connectivity index (χ2n) is 19.6. The van der Waals surface area contributed by atoms with Crippen molar-refractivity contribution in [3.63, 3.8) is 0 Å². The molecule has 0 spiro atoms. The van der Waals surface area contributed by atoms with Crippen molar-refractivity contribution < 1.29 is 24.5 Å². The number of hydrogen-bond acceptors (Lipinski definition) is 5. The normalized spacial score (nSPS) is 12.8. The van der Waals surface area contributed by atoms with Gasteiger partial charge in [-0.3, -0.25) is 9.59 Å². The van der Waals surface area contributed by atoms with E-state index in [-0.39, 0.29) is 18.5 Å². The third-order valence-electron chi connectivity index (χ3n) is 13.2. The van der Waals surface area contributed by atoms with E-state index in [1.165, 1.54) is 238 Å². The highest BCUT2D eigenvalue weighted by molar-refractivity contribution is 5.76. The van der Waals surface area contributed by atoms with Gasteiger partial charge in [0.25, 0.3) is 0 Å². The molecule has 0 aliphatic rings. The SMILES string of the molecule is CCCCCCCC/C=C\CCCCCCCCCCCC(=O)OCCCCCCCCCCCCCCCCCCC(=O)NC(CO)C(O)/C=C/CCCCCCCCCCCC. The van der Waals surface area contributed by atoms with Gasteiger partial charge in [0, 0.05) is 12.8 Å². The summed E-state index contributed by atoms with van der Waals surface area (Å²) in [5, 5.41) is 23.0. The molecule has 0 aliphatic heterocycles. The number of hydrogen-bond donors (Lipinski definition) is 3. The average Bonchev–Trinajstić information content (AvgIpc) is 3.29. The lowest BCUT2D eigenvalue weighted by molar-refractivity contribution is -0.143. The van der Waals surface area contributed by atoms with Crippen molar-refractivity contribution in [2.45, 2.75) is 321 Å². The van der Waals surface area contributed by atoms with Crippen LogP contribution in [0.15, 0.2) is 24.3 Å². The predicted molar refractivity (Wildman–Crippen MR) is 278 cm³/mol. The molecule has 378 valence electrons. The molecule has 0 saturated carbocycles. The minimum absolute atomic E-state index is 0.00171. The maximum atomic E-state index is 12.4. The first kappa shape index (κ1) is 62.3. The summed E-state index contributed by atoms with van der Waals surface area (Å²) in [4.78, 5) is 24.5. The lowest BCUT2D eigenvalue weighted by Crippen LogP contribution is -2.45. The molecule has 6 nitrogen and oxygen atoms in total. The lowest BCUT2D eigenvalue weighted by atomic mass is 10.0. The number of carbonyl (C=O) groups excluding carboxylic acids is 2. The Morgan fingerprint density at radius 3 is 1.11 bits per heavy atom. The van der Waals surface area contributed by atoms with E-state index >= 15 is 0 Å². The van der Waals surface area contributed by atoms with Gasteiger partial charge in [0.15, 0.2) is 0 Å². The van der Waals surface area contributed by atoms with Gasteiger partial charge in [0.05, 0.1) is 25.4 Å². The van der Waals surface area contributed by atoms with E-state index in [0.29, 0.717) is 19.4 Å². The molecule has 0 bridgehead atoms. The first-order valence-electron chi connectivity index (χ1n) is 28.6. The summed E-state index contributed by atoms with van der Waals surface area (Å²) in [5.41, 5.74) is 0. The van der Waals surface area contributed by atoms with Crippen LogP contribution in [0.5, 0.6) is 0 Å². The largest absolute Gasteiger partial charge is 0.466 e. The number of carbonyl (C=O) groups is 2. The van der Waals surface area contributed by atoms with Crippen molar-refractivity contribution in [2.24, 2.45) is 0 Å². The fourth-order valence-electron chi connectivity index (χ4n) is 8.81. The fourth-order valence-corrected chi connectivity index (χ4v) is 8.81. The number of aliphatic hydroxyl groups is 2. The van der Waals surface area contributed by atoms with E-state index in [2.05, 4.69) is 31.3 Å². The van der Waals surface area contributed by atoms with Crippen LogP contribution in [0.2, 0.25) is 0 Å². The quantitative estimate of drug-likeness (QED) is 0.0321. The molecule has 1 amide bonds. The molecule has 0 aromatic carbocycles. The lowest BCUT2D eigenvalue weighted by Gasteiger charge is -2.20. The van der Waals surface area contributed by atoms with Crippen LogP contribution < -0.4 is 5.32 Å². The fraction of sp³-hybridized carbons (Fsp3) is 0.897. The minimum atomic E-state index is -0.848. The Hall–Kier alpha value is -1.66. The molecule has 0 saturated heterocycles. The molecule has 2 atom stereocenters. The number of nitrogens with one attached hydrogen (secondary N) is 1. The van der Waals surface area contributed by atoms with Gasteiger partial charge < -0.3 is 20.3 Å². The summed E-state index contributed by atoms with van der Waals surface area (Å²) in [7, 11) is 0. The van der Waals surface area contributed by atoms with Crippen molar-refractivity contribution >= 4 is 11.9 Å². The van der Waals surface area contributed by atoms with Gasteiger partial charge in [-0.2, -0.15) is 0 Å². The second-order valence-corrected chi connectivity index (χ2v) is 19.6. The number of aliphatic hydroxyl groups excluding tert-OH is 2. The number of allylic oxidation sites excluding steroid dienone is 3. The van der Waals surface area contributed by atoms with Crippen LogP contribution in [0.25, 0.3) is 0 Å². The van der Waals surface area contributed by atoms with Crippen LogP contribution in [0, 0.1) is 0 Å². The van der Waals surface area contributed by atoms with Gasteiger partial charge in [-0.25, -0.2) is 0 Å². The summed E-state index contributed by atoms with van der Waals surface area (Å²) in [6.07, 6.45) is 64.8. The van der Waals surface area contributed by atoms with Crippen molar-refractivity contribution in [3.8, 4) is 0 Å². The van der Waals surface area contributed by atoms with Crippen LogP contribution in [-0.2, 0) is 14.3 Å². The second kappa shape index (κ2) is 54.0. The molecule has 6 heteroatoms. The van der Waals surface area contributed by atoms with Crippen molar-refractivity contribution in [1.82, 2.24) is 5.32 Å². The molecule has 0 aromatic rings. The Bertz CT molecular complexity index is 997. The van der Waals surface area contributed by atoms with Gasteiger partial charge in [-0.05, 0) is 57.8 Å². The summed E-state index contributed by atoms with van der Waals surface area (Å²) in [6.45, 7) is 4.89. The molecule has 0 fully saturated rings. The van der Waals surface area contributed by atoms with Crippen LogP contribution in [0.3, 0.4) is 0 Å². The molecule has 64 heavy (non-hydrogen) atoms. The zero-order valence-electron chi connectivity index (χ0n) is 43.0. The maximum Gasteiger partial charge on any atom is 0.305 e. The molecule has 2 unspecified atom stereocenters. The van der Waals surface area contributed by atoms with E-state index in [1.807, 2.05) is 6.08 Å². The molecule has 3 N–H and O–H groups in total. The van der Waals surface area contributed by atoms with Gasteiger partial charge >= 0.3 is 5.97 Å². The van der Waals surface area contributed by atoms with Gasteiger partial charge in [-0.1, -0.05) is 263 Å². The number of unbranched alkanes of at least 4 members (excludes halogenated alkanes) is 40. The van der Waals surface area contributed by atoms with E-state index in [9.17, 15) is 19.8 Å². The smallest absolute Gasteiger partial charge is 0.305 e. The number of ether oxygens (including phenoxy) is 1. The van der Waals surface area contributed by atoms with Crippen molar-refractivity contribution in [2.75, 3.05) is 13.2 Å². The molecular weight excluding hydrogens is 791 g/mol. The first-order valence-corrected chi connectivity index (χ1v) is 28.6. The maximum absolute atomic E-state index is 12.4. The third kappa shape index (κ3) is 49.8. The zero-order valence-corrected chi connectivity index (χ0v) is 43.0. The summed E-state index contributed by atoms with van der Waals surface area (Å²) in [5.74, 6) is -0.0732. The van der Waals surface area contributed by atoms with Crippen LogP contribution in [0.1, 0.15) is 309 Å². The highest BCUT2D eigenvalue weighted by Crippen LogP contribution is 2.17. The van der Waals surface area contributed by atoms with Gasteiger partial charge in [0.2, 0.25) is 5.91 Å². The average molecular weight is 903 g/mol. The Morgan fingerprint density at radius 2 is 0.734 bits per heavy atom. The zero-order chi connectivity index (χ0) is 46.5. The van der Waals surface area contributed by atoms with Crippen LogP contribution >= 0.6 is 0 Å². The molecule has 0 aliphatic carbocycles. The minimum Gasteiger partial charge on any atom is -0.466 e.